The molecule has 3 N–H and O–H groups in total. The summed E-state index contributed by atoms with van der Waals surface area (Å²) < 4.78 is 5.69. The standard InChI is InChI=1S/C19H24N4O2/c1-2-8-25-15-5-6-18-16(10-15)13(12-22-18)9-17(21)19(24)23-7-3-4-14(23)11-20/h5-6,10,12,14,17,22H,2-4,7-9,21H2,1H3/t14-,17+/m0/s1. The molecule has 0 bridgehead atoms. The van der Waals surface area contributed by atoms with Gasteiger partial charge in [-0.15, -0.1) is 0 Å². The van der Waals surface area contributed by atoms with Crippen LogP contribution in [-0.4, -0.2) is 41.0 Å². The van der Waals surface area contributed by atoms with Crippen molar-refractivity contribution in [3.8, 4) is 11.8 Å². The van der Waals surface area contributed by atoms with Gasteiger partial charge in [0.1, 0.15) is 11.8 Å². The SMILES string of the molecule is CCCOc1ccc2[nH]cc(C[C@@H](N)C(=O)N3CCC[C@H]3C#N)c2c1. The molecule has 1 aromatic heterocycles. The van der Waals surface area contributed by atoms with Gasteiger partial charge in [-0.3, -0.25) is 4.79 Å². The Morgan fingerprint density at radius 2 is 2.40 bits per heavy atom. The molecule has 0 aliphatic carbocycles. The average Bonchev–Trinajstić information content (AvgIpc) is 3.26. The number of benzene rings is 1. The van der Waals surface area contributed by atoms with Crippen LogP contribution < -0.4 is 10.5 Å². The van der Waals surface area contributed by atoms with Crippen LogP contribution in [0.1, 0.15) is 31.7 Å². The largest absolute Gasteiger partial charge is 0.494 e. The van der Waals surface area contributed by atoms with Gasteiger partial charge in [-0.1, -0.05) is 6.92 Å². The van der Waals surface area contributed by atoms with Gasteiger partial charge in [-0.25, -0.2) is 0 Å². The molecule has 3 rings (SSSR count). The van der Waals surface area contributed by atoms with E-state index < -0.39 is 6.04 Å². The number of nitrogens with zero attached hydrogens (tertiary/aromatic N) is 2. The zero-order valence-electron chi connectivity index (χ0n) is 14.5. The number of nitriles is 1. The van der Waals surface area contributed by atoms with Crippen LogP contribution in [0.4, 0.5) is 0 Å². The Kier molecular flexibility index (Phi) is 5.25. The number of carbonyl (C=O) groups is 1. The van der Waals surface area contributed by atoms with Gasteiger partial charge in [0.05, 0.1) is 18.7 Å². The summed E-state index contributed by atoms with van der Waals surface area (Å²) in [6, 6.07) is 7.11. The topological polar surface area (TPSA) is 95.1 Å². The quantitative estimate of drug-likeness (QED) is 0.844. The number of aromatic nitrogens is 1. The van der Waals surface area contributed by atoms with E-state index >= 15 is 0 Å². The lowest BCUT2D eigenvalue weighted by atomic mass is 10.0. The van der Waals surface area contributed by atoms with Crippen molar-refractivity contribution >= 4 is 16.8 Å². The minimum atomic E-state index is -0.645. The highest BCUT2D eigenvalue weighted by Crippen LogP contribution is 2.25. The van der Waals surface area contributed by atoms with Crippen LogP contribution in [0.5, 0.6) is 5.75 Å². The fraction of sp³-hybridized carbons (Fsp3) is 0.474. The number of likely N-dealkylation sites (tertiary alicyclic amines) is 1. The number of carbonyl (C=O) groups excluding carboxylic acids is 1. The van der Waals surface area contributed by atoms with E-state index in [1.54, 1.807) is 4.90 Å². The number of fused-ring (bicyclic) bond motifs is 1. The zero-order valence-corrected chi connectivity index (χ0v) is 14.5. The van der Waals surface area contributed by atoms with Crippen LogP contribution in [0, 0.1) is 11.3 Å². The lowest BCUT2D eigenvalue weighted by Crippen LogP contribution is -2.46. The lowest BCUT2D eigenvalue weighted by molar-refractivity contribution is -0.132. The monoisotopic (exact) mass is 340 g/mol. The number of nitrogens with one attached hydrogen (secondary N) is 1. The van der Waals surface area contributed by atoms with Gasteiger partial charge in [0, 0.05) is 23.6 Å². The molecule has 2 aromatic rings. The molecule has 0 radical (unpaired) electrons. The van der Waals surface area contributed by atoms with E-state index in [2.05, 4.69) is 18.0 Å². The number of amides is 1. The summed E-state index contributed by atoms with van der Waals surface area (Å²) in [6.07, 6.45) is 4.88. The highest BCUT2D eigenvalue weighted by atomic mass is 16.5. The Balaban J connectivity index is 1.75. The Hall–Kier alpha value is -2.52. The molecule has 6 heteroatoms. The molecule has 0 spiro atoms. The predicted octanol–water partition coefficient (Wildman–Crippen LogP) is 2.34. The molecular formula is C19H24N4O2. The van der Waals surface area contributed by atoms with E-state index in [4.69, 9.17) is 15.7 Å². The smallest absolute Gasteiger partial charge is 0.240 e. The minimum Gasteiger partial charge on any atom is -0.494 e. The predicted molar refractivity (Wildman–Crippen MR) is 96.1 cm³/mol. The molecule has 1 saturated heterocycles. The highest BCUT2D eigenvalue weighted by Gasteiger charge is 2.31. The summed E-state index contributed by atoms with van der Waals surface area (Å²) in [6.45, 7) is 3.36. The van der Waals surface area contributed by atoms with E-state index in [1.165, 1.54) is 0 Å². The maximum Gasteiger partial charge on any atom is 0.240 e. The van der Waals surface area contributed by atoms with Crippen molar-refractivity contribution in [3.63, 3.8) is 0 Å². The number of nitrogens with two attached hydrogens (primary N) is 1. The van der Waals surface area contributed by atoms with Gasteiger partial charge in [-0.05, 0) is 49.4 Å². The molecule has 0 unspecified atom stereocenters. The van der Waals surface area contributed by atoms with Gasteiger partial charge < -0.3 is 20.4 Å². The number of ether oxygens (including phenoxy) is 1. The molecule has 1 aromatic carbocycles. The highest BCUT2D eigenvalue weighted by molar-refractivity contribution is 5.87. The first-order valence-electron chi connectivity index (χ1n) is 8.82. The zero-order chi connectivity index (χ0) is 17.8. The van der Waals surface area contributed by atoms with Crippen LogP contribution >= 0.6 is 0 Å². The van der Waals surface area contributed by atoms with Crippen molar-refractivity contribution in [2.45, 2.75) is 44.7 Å². The van der Waals surface area contributed by atoms with E-state index in [-0.39, 0.29) is 11.9 Å². The minimum absolute atomic E-state index is 0.142. The number of rotatable bonds is 6. The molecule has 1 fully saturated rings. The first-order chi connectivity index (χ1) is 12.1. The Labute approximate surface area is 147 Å². The fourth-order valence-corrected chi connectivity index (χ4v) is 3.34. The first-order valence-corrected chi connectivity index (χ1v) is 8.82. The van der Waals surface area contributed by atoms with Gasteiger partial charge in [0.2, 0.25) is 5.91 Å². The number of hydrogen-bond acceptors (Lipinski definition) is 4. The third-order valence-electron chi connectivity index (χ3n) is 4.65. The summed E-state index contributed by atoms with van der Waals surface area (Å²) >= 11 is 0. The lowest BCUT2D eigenvalue weighted by Gasteiger charge is -2.23. The van der Waals surface area contributed by atoms with Gasteiger partial charge >= 0.3 is 0 Å². The van der Waals surface area contributed by atoms with Gasteiger partial charge in [0.25, 0.3) is 0 Å². The molecule has 0 saturated carbocycles. The normalized spacial score (nSPS) is 18.3. The first kappa shape index (κ1) is 17.3. The van der Waals surface area contributed by atoms with Crippen LogP contribution in [0.15, 0.2) is 24.4 Å². The van der Waals surface area contributed by atoms with Gasteiger partial charge in [0.15, 0.2) is 0 Å². The number of H-pyrrole nitrogens is 1. The van der Waals surface area contributed by atoms with E-state index in [0.717, 1.165) is 41.5 Å². The van der Waals surface area contributed by atoms with Crippen LogP contribution in [-0.2, 0) is 11.2 Å². The Morgan fingerprint density at radius 1 is 1.56 bits per heavy atom. The van der Waals surface area contributed by atoms with Crippen LogP contribution in [0.2, 0.25) is 0 Å². The molecule has 2 heterocycles. The van der Waals surface area contributed by atoms with E-state index in [1.807, 2.05) is 24.4 Å². The van der Waals surface area contributed by atoms with Gasteiger partial charge in [-0.2, -0.15) is 5.26 Å². The molecule has 6 nitrogen and oxygen atoms in total. The number of aromatic amines is 1. The fourth-order valence-electron chi connectivity index (χ4n) is 3.34. The van der Waals surface area contributed by atoms with Crippen LogP contribution in [0.25, 0.3) is 10.9 Å². The third-order valence-corrected chi connectivity index (χ3v) is 4.65. The molecule has 1 aliphatic heterocycles. The molecule has 1 aliphatic rings. The summed E-state index contributed by atoms with van der Waals surface area (Å²) in [7, 11) is 0. The Bertz CT molecular complexity index is 792. The van der Waals surface area contributed by atoms with Crippen molar-refractivity contribution < 1.29 is 9.53 Å². The van der Waals surface area contributed by atoms with E-state index in [9.17, 15) is 4.79 Å². The second kappa shape index (κ2) is 7.58. The van der Waals surface area contributed by atoms with Crippen molar-refractivity contribution in [2.75, 3.05) is 13.2 Å². The van der Waals surface area contributed by atoms with E-state index in [0.29, 0.717) is 19.6 Å². The summed E-state index contributed by atoms with van der Waals surface area (Å²) in [4.78, 5) is 17.4. The summed E-state index contributed by atoms with van der Waals surface area (Å²) in [5, 5.41) is 10.2. The summed E-state index contributed by atoms with van der Waals surface area (Å²) in [5.41, 5.74) is 8.15. The van der Waals surface area contributed by atoms with Crippen molar-refractivity contribution in [1.29, 1.82) is 5.26 Å². The second-order valence-electron chi connectivity index (χ2n) is 6.50. The van der Waals surface area contributed by atoms with Crippen molar-refractivity contribution in [3.05, 3.63) is 30.0 Å². The molecule has 2 atom stereocenters. The maximum atomic E-state index is 12.6. The molecule has 25 heavy (non-hydrogen) atoms. The van der Waals surface area contributed by atoms with Crippen molar-refractivity contribution in [2.24, 2.45) is 5.73 Å². The van der Waals surface area contributed by atoms with Crippen LogP contribution in [0.3, 0.4) is 0 Å². The average molecular weight is 340 g/mol. The summed E-state index contributed by atoms with van der Waals surface area (Å²) in [5.74, 6) is 0.677. The Morgan fingerprint density at radius 3 is 3.16 bits per heavy atom. The van der Waals surface area contributed by atoms with Crippen molar-refractivity contribution in [1.82, 2.24) is 9.88 Å². The molecular weight excluding hydrogens is 316 g/mol. The maximum absolute atomic E-state index is 12.6. The number of hydrogen-bond donors (Lipinski definition) is 2. The molecule has 1 amide bonds. The molecule has 132 valence electrons. The third kappa shape index (κ3) is 3.62. The second-order valence-corrected chi connectivity index (χ2v) is 6.50.